The molecule has 0 aliphatic carbocycles. The molecule has 1 N–H and O–H groups in total. The zero-order valence-corrected chi connectivity index (χ0v) is 16.0. The van der Waals surface area contributed by atoms with Gasteiger partial charge in [-0.1, -0.05) is 18.2 Å². The summed E-state index contributed by atoms with van der Waals surface area (Å²) in [4.78, 5) is 9.08. The van der Waals surface area contributed by atoms with Crippen LogP contribution in [-0.2, 0) is 4.74 Å². The van der Waals surface area contributed by atoms with Gasteiger partial charge in [0, 0.05) is 23.5 Å². The molecule has 0 bridgehead atoms. The van der Waals surface area contributed by atoms with E-state index in [9.17, 15) is 9.50 Å². The smallest absolute Gasteiger partial charge is 0.237 e. The van der Waals surface area contributed by atoms with E-state index in [4.69, 9.17) is 9.47 Å². The van der Waals surface area contributed by atoms with E-state index in [0.29, 0.717) is 35.2 Å². The topological polar surface area (TPSA) is 68.4 Å². The van der Waals surface area contributed by atoms with Crippen LogP contribution >= 0.6 is 0 Å². The van der Waals surface area contributed by atoms with E-state index in [1.165, 1.54) is 12.3 Å². The van der Waals surface area contributed by atoms with Crippen LogP contribution in [0.3, 0.4) is 0 Å². The Labute approximate surface area is 162 Å². The zero-order chi connectivity index (χ0) is 19.9. The van der Waals surface area contributed by atoms with E-state index in [2.05, 4.69) is 9.98 Å². The number of rotatable bonds is 5. The summed E-state index contributed by atoms with van der Waals surface area (Å²) >= 11 is 0. The molecule has 1 aromatic carbocycles. The lowest BCUT2D eigenvalue weighted by atomic mass is 10.0. The maximum atomic E-state index is 14.3. The number of hydrogen-bond acceptors (Lipinski definition) is 5. The SMILES string of the molecule is CCOc1ccccc1-c1cc(F)cn2cc(C3=NC(C(C)(C)O)CO3)nc12. The summed E-state index contributed by atoms with van der Waals surface area (Å²) in [7, 11) is 0. The quantitative estimate of drug-likeness (QED) is 0.733. The molecule has 0 saturated carbocycles. The van der Waals surface area contributed by atoms with Gasteiger partial charge in [0.25, 0.3) is 0 Å². The van der Waals surface area contributed by atoms with Gasteiger partial charge in [0.15, 0.2) is 0 Å². The van der Waals surface area contributed by atoms with Crippen LogP contribution < -0.4 is 4.74 Å². The summed E-state index contributed by atoms with van der Waals surface area (Å²) in [6.45, 7) is 6.07. The van der Waals surface area contributed by atoms with Crippen molar-refractivity contribution >= 4 is 11.5 Å². The standard InChI is InChI=1S/C21H22FN3O3/c1-4-27-17-8-6-5-7-14(17)15-9-13(22)10-25-11-16(23-19(15)25)20-24-18(12-28-20)21(2,3)26/h5-11,18,26H,4,12H2,1-3H3. The van der Waals surface area contributed by atoms with Crippen LogP contribution in [0, 0.1) is 5.82 Å². The molecule has 1 unspecified atom stereocenters. The van der Waals surface area contributed by atoms with Gasteiger partial charge in [-0.25, -0.2) is 14.4 Å². The van der Waals surface area contributed by atoms with Crippen LogP contribution in [0.4, 0.5) is 4.39 Å². The number of ether oxygens (including phenoxy) is 2. The monoisotopic (exact) mass is 383 g/mol. The van der Waals surface area contributed by atoms with Crippen LogP contribution in [0.5, 0.6) is 5.75 Å². The second kappa shape index (κ2) is 6.91. The Balaban J connectivity index is 1.83. The van der Waals surface area contributed by atoms with Crippen molar-refractivity contribution in [3.05, 3.63) is 54.2 Å². The van der Waals surface area contributed by atoms with Crippen molar-refractivity contribution in [1.82, 2.24) is 9.38 Å². The van der Waals surface area contributed by atoms with E-state index in [1.807, 2.05) is 31.2 Å². The highest BCUT2D eigenvalue weighted by Gasteiger charge is 2.33. The van der Waals surface area contributed by atoms with Crippen molar-refractivity contribution in [2.75, 3.05) is 13.2 Å². The Morgan fingerprint density at radius 1 is 1.29 bits per heavy atom. The van der Waals surface area contributed by atoms with Gasteiger partial charge in [0.05, 0.1) is 12.2 Å². The van der Waals surface area contributed by atoms with Gasteiger partial charge in [-0.05, 0) is 32.9 Å². The fraction of sp³-hybridized carbons (Fsp3) is 0.333. The Morgan fingerprint density at radius 2 is 2.07 bits per heavy atom. The highest BCUT2D eigenvalue weighted by atomic mass is 19.1. The lowest BCUT2D eigenvalue weighted by Gasteiger charge is -2.20. The van der Waals surface area contributed by atoms with Crippen molar-refractivity contribution in [1.29, 1.82) is 0 Å². The molecule has 7 heteroatoms. The number of benzene rings is 1. The number of nitrogens with zero attached hydrogens (tertiary/aromatic N) is 3. The minimum atomic E-state index is -0.991. The first-order valence-electron chi connectivity index (χ1n) is 9.20. The van der Waals surface area contributed by atoms with Crippen molar-refractivity contribution in [3.8, 4) is 16.9 Å². The Hall–Kier alpha value is -2.93. The average Bonchev–Trinajstić information content (AvgIpc) is 3.28. The number of aromatic nitrogens is 2. The molecule has 3 aromatic rings. The van der Waals surface area contributed by atoms with Gasteiger partial charge in [0.2, 0.25) is 5.90 Å². The molecule has 0 saturated heterocycles. The number of aliphatic imine (C=N–C) groups is 1. The van der Waals surface area contributed by atoms with Crippen molar-refractivity contribution in [3.63, 3.8) is 0 Å². The van der Waals surface area contributed by atoms with E-state index in [1.54, 1.807) is 24.4 Å². The summed E-state index contributed by atoms with van der Waals surface area (Å²) in [5.41, 5.74) is 1.45. The molecular weight excluding hydrogens is 361 g/mol. The second-order valence-electron chi connectivity index (χ2n) is 7.27. The molecule has 146 valence electrons. The number of para-hydroxylation sites is 1. The predicted molar refractivity (Wildman–Crippen MR) is 104 cm³/mol. The molecule has 2 aromatic heterocycles. The maximum Gasteiger partial charge on any atom is 0.237 e. The minimum absolute atomic E-state index is 0.279. The molecule has 28 heavy (non-hydrogen) atoms. The van der Waals surface area contributed by atoms with Crippen LogP contribution in [0.2, 0.25) is 0 Å². The molecule has 4 rings (SSSR count). The maximum absolute atomic E-state index is 14.3. The predicted octanol–water partition coefficient (Wildman–Crippen LogP) is 3.46. The van der Waals surface area contributed by atoms with Crippen molar-refractivity contribution in [2.24, 2.45) is 4.99 Å². The summed E-state index contributed by atoms with van der Waals surface area (Å²) in [6, 6.07) is 8.55. The Kier molecular flexibility index (Phi) is 4.55. The van der Waals surface area contributed by atoms with Gasteiger partial charge in [-0.2, -0.15) is 0 Å². The highest BCUT2D eigenvalue weighted by molar-refractivity contribution is 5.95. The molecular formula is C21H22FN3O3. The first-order valence-corrected chi connectivity index (χ1v) is 9.20. The molecule has 0 radical (unpaired) electrons. The third kappa shape index (κ3) is 3.33. The van der Waals surface area contributed by atoms with Gasteiger partial charge >= 0.3 is 0 Å². The van der Waals surface area contributed by atoms with Gasteiger partial charge < -0.3 is 19.0 Å². The van der Waals surface area contributed by atoms with Crippen molar-refractivity contribution < 1.29 is 19.0 Å². The van der Waals surface area contributed by atoms with Crippen molar-refractivity contribution in [2.45, 2.75) is 32.4 Å². The van der Waals surface area contributed by atoms with Crippen LogP contribution in [0.25, 0.3) is 16.8 Å². The average molecular weight is 383 g/mol. The van der Waals surface area contributed by atoms with E-state index in [-0.39, 0.29) is 18.5 Å². The largest absolute Gasteiger partial charge is 0.493 e. The molecule has 3 heterocycles. The van der Waals surface area contributed by atoms with E-state index < -0.39 is 5.60 Å². The summed E-state index contributed by atoms with van der Waals surface area (Å²) in [5, 5.41) is 10.2. The Bertz CT molecular complexity index is 1050. The molecule has 1 aliphatic rings. The second-order valence-corrected chi connectivity index (χ2v) is 7.27. The Morgan fingerprint density at radius 3 is 2.79 bits per heavy atom. The number of pyridine rings is 1. The summed E-state index contributed by atoms with van der Waals surface area (Å²) in [5.74, 6) is 0.625. The molecule has 6 nitrogen and oxygen atoms in total. The van der Waals surface area contributed by atoms with Crippen LogP contribution in [-0.4, -0.2) is 45.2 Å². The first-order chi connectivity index (χ1) is 13.4. The van der Waals surface area contributed by atoms with Crippen LogP contribution in [0.15, 0.2) is 47.7 Å². The number of hydrogen-bond donors (Lipinski definition) is 1. The number of halogens is 1. The minimum Gasteiger partial charge on any atom is -0.493 e. The van der Waals surface area contributed by atoms with E-state index >= 15 is 0 Å². The lowest BCUT2D eigenvalue weighted by Crippen LogP contribution is -2.35. The fourth-order valence-electron chi connectivity index (χ4n) is 3.21. The highest BCUT2D eigenvalue weighted by Crippen LogP contribution is 2.33. The lowest BCUT2D eigenvalue weighted by molar-refractivity contribution is 0.0436. The first kappa shape index (κ1) is 18.4. The van der Waals surface area contributed by atoms with Gasteiger partial charge in [0.1, 0.15) is 35.6 Å². The fourth-order valence-corrected chi connectivity index (χ4v) is 3.21. The zero-order valence-electron chi connectivity index (χ0n) is 16.0. The third-order valence-electron chi connectivity index (χ3n) is 4.68. The third-order valence-corrected chi connectivity index (χ3v) is 4.68. The summed E-state index contributed by atoms with van der Waals surface area (Å²) < 4.78 is 27.3. The molecule has 1 aliphatic heterocycles. The van der Waals surface area contributed by atoms with E-state index in [0.717, 1.165) is 5.56 Å². The van der Waals surface area contributed by atoms with Crippen LogP contribution in [0.1, 0.15) is 26.5 Å². The number of aliphatic hydroxyl groups is 1. The molecule has 0 spiro atoms. The van der Waals surface area contributed by atoms with Gasteiger partial charge in [-0.3, -0.25) is 0 Å². The van der Waals surface area contributed by atoms with Gasteiger partial charge in [-0.15, -0.1) is 0 Å². The molecule has 0 fully saturated rings. The molecule has 0 amide bonds. The number of imidazole rings is 1. The number of fused-ring (bicyclic) bond motifs is 1. The molecule has 1 atom stereocenters. The normalized spacial score (nSPS) is 16.9. The summed E-state index contributed by atoms with van der Waals surface area (Å²) in [6.07, 6.45) is 3.04.